The summed E-state index contributed by atoms with van der Waals surface area (Å²) in [7, 11) is 1.98. The lowest BCUT2D eigenvalue weighted by atomic mass is 9.77. The first-order valence-electron chi connectivity index (χ1n) is 12.7. The number of aromatic nitrogens is 3. The van der Waals surface area contributed by atoms with Crippen molar-refractivity contribution in [2.75, 3.05) is 23.3 Å². The van der Waals surface area contributed by atoms with Crippen LogP contribution in [0.3, 0.4) is 0 Å². The fraction of sp³-hybridized carbons (Fsp3) is 0.464. The third kappa shape index (κ3) is 5.09. The second-order valence-corrected chi connectivity index (χ2v) is 9.91. The minimum absolute atomic E-state index is 0.480. The van der Waals surface area contributed by atoms with Gasteiger partial charge in [0.15, 0.2) is 0 Å². The van der Waals surface area contributed by atoms with Crippen LogP contribution in [0.2, 0.25) is 0 Å². The highest BCUT2D eigenvalue weighted by Gasteiger charge is 2.30. The Hall–Kier alpha value is -3.33. The predicted octanol–water partition coefficient (Wildman–Crippen LogP) is 5.63. The van der Waals surface area contributed by atoms with Crippen LogP contribution in [0, 0.1) is 23.2 Å². The Bertz CT molecular complexity index is 1130. The van der Waals surface area contributed by atoms with Gasteiger partial charge in [0.1, 0.15) is 5.82 Å². The number of nitriles is 1. The summed E-state index contributed by atoms with van der Waals surface area (Å²) >= 11 is 0. The molecule has 1 aliphatic heterocycles. The van der Waals surface area contributed by atoms with Gasteiger partial charge in [0, 0.05) is 49.8 Å². The molecule has 1 N–H and O–H groups in total. The zero-order valence-corrected chi connectivity index (χ0v) is 20.0. The summed E-state index contributed by atoms with van der Waals surface area (Å²) in [5, 5.41) is 17.2. The van der Waals surface area contributed by atoms with E-state index >= 15 is 0 Å². The van der Waals surface area contributed by atoms with E-state index in [9.17, 15) is 0 Å². The highest BCUT2D eigenvalue weighted by atomic mass is 15.3. The zero-order valence-electron chi connectivity index (χ0n) is 20.0. The van der Waals surface area contributed by atoms with E-state index in [0.29, 0.717) is 17.9 Å². The number of rotatable bonds is 6. The Balaban J connectivity index is 1.24. The molecular weight excluding hydrogens is 420 g/mol. The number of piperidine rings is 1. The molecule has 1 saturated carbocycles. The van der Waals surface area contributed by atoms with E-state index in [0.717, 1.165) is 35.7 Å². The highest BCUT2D eigenvalue weighted by Crippen LogP contribution is 2.35. The fourth-order valence-corrected chi connectivity index (χ4v) is 5.86. The largest absolute Gasteiger partial charge is 0.371 e. The molecule has 0 spiro atoms. The molecule has 2 aromatic heterocycles. The van der Waals surface area contributed by atoms with Crippen molar-refractivity contribution in [3.05, 3.63) is 60.4 Å². The SMILES string of the molecule is Cn1nccc1-c1ccnc(N[C@@H]2CCCC[C@H]2C[C@H]2CCCN(c3ccc(C#N)cc3)C2)c1. The van der Waals surface area contributed by atoms with Crippen LogP contribution < -0.4 is 10.2 Å². The molecule has 176 valence electrons. The summed E-state index contributed by atoms with van der Waals surface area (Å²) in [6.07, 6.45) is 12.7. The summed E-state index contributed by atoms with van der Waals surface area (Å²) in [6, 6.07) is 17.1. The molecule has 1 aromatic carbocycles. The molecule has 1 aliphatic carbocycles. The molecule has 0 radical (unpaired) electrons. The normalized spacial score (nSPS) is 22.8. The first-order valence-corrected chi connectivity index (χ1v) is 12.7. The van der Waals surface area contributed by atoms with Crippen molar-refractivity contribution in [3.63, 3.8) is 0 Å². The monoisotopic (exact) mass is 454 g/mol. The molecule has 2 aliphatic rings. The average Bonchev–Trinajstić information content (AvgIpc) is 3.31. The zero-order chi connectivity index (χ0) is 23.3. The highest BCUT2D eigenvalue weighted by molar-refractivity contribution is 5.63. The van der Waals surface area contributed by atoms with Crippen LogP contribution in [-0.4, -0.2) is 33.9 Å². The predicted molar refractivity (Wildman–Crippen MR) is 137 cm³/mol. The maximum atomic E-state index is 9.09. The van der Waals surface area contributed by atoms with E-state index in [1.165, 1.54) is 50.6 Å². The number of hydrogen-bond acceptors (Lipinski definition) is 5. The molecule has 0 amide bonds. The van der Waals surface area contributed by atoms with E-state index < -0.39 is 0 Å². The topological polar surface area (TPSA) is 69.8 Å². The van der Waals surface area contributed by atoms with Crippen molar-refractivity contribution < 1.29 is 0 Å². The number of aryl methyl sites for hydroxylation is 1. The summed E-state index contributed by atoms with van der Waals surface area (Å²) in [6.45, 7) is 2.23. The van der Waals surface area contributed by atoms with Crippen molar-refractivity contribution in [2.24, 2.45) is 18.9 Å². The Labute approximate surface area is 202 Å². The van der Waals surface area contributed by atoms with Gasteiger partial charge in [0.2, 0.25) is 0 Å². The van der Waals surface area contributed by atoms with Crippen LogP contribution in [0.25, 0.3) is 11.3 Å². The number of nitrogens with one attached hydrogen (secondary N) is 1. The molecule has 3 aromatic rings. The molecule has 6 heteroatoms. The van der Waals surface area contributed by atoms with Gasteiger partial charge in [0.05, 0.1) is 17.3 Å². The van der Waals surface area contributed by atoms with Gasteiger partial charge in [-0.3, -0.25) is 4.68 Å². The number of hydrogen-bond donors (Lipinski definition) is 1. The van der Waals surface area contributed by atoms with Crippen LogP contribution in [0.15, 0.2) is 54.9 Å². The summed E-state index contributed by atoms with van der Waals surface area (Å²) in [5.74, 6) is 2.37. The maximum absolute atomic E-state index is 9.09. The quantitative estimate of drug-likeness (QED) is 0.523. The minimum Gasteiger partial charge on any atom is -0.371 e. The number of pyridine rings is 1. The molecule has 2 fully saturated rings. The van der Waals surface area contributed by atoms with Crippen molar-refractivity contribution in [1.82, 2.24) is 14.8 Å². The van der Waals surface area contributed by atoms with E-state index in [4.69, 9.17) is 5.26 Å². The maximum Gasteiger partial charge on any atom is 0.126 e. The lowest BCUT2D eigenvalue weighted by Gasteiger charge is -2.39. The Morgan fingerprint density at radius 1 is 1.03 bits per heavy atom. The minimum atomic E-state index is 0.480. The van der Waals surface area contributed by atoms with Gasteiger partial charge in [-0.05, 0) is 86.4 Å². The average molecular weight is 455 g/mol. The van der Waals surface area contributed by atoms with Crippen molar-refractivity contribution in [1.29, 1.82) is 5.26 Å². The van der Waals surface area contributed by atoms with E-state index in [1.54, 1.807) is 0 Å². The number of benzene rings is 1. The van der Waals surface area contributed by atoms with Crippen LogP contribution in [0.1, 0.15) is 50.5 Å². The van der Waals surface area contributed by atoms with Crippen LogP contribution in [0.4, 0.5) is 11.5 Å². The van der Waals surface area contributed by atoms with Gasteiger partial charge in [-0.25, -0.2) is 4.98 Å². The van der Waals surface area contributed by atoms with E-state index in [1.807, 2.05) is 42.3 Å². The van der Waals surface area contributed by atoms with Gasteiger partial charge < -0.3 is 10.2 Å². The van der Waals surface area contributed by atoms with Crippen LogP contribution in [-0.2, 0) is 7.05 Å². The molecule has 3 heterocycles. The fourth-order valence-electron chi connectivity index (χ4n) is 5.86. The van der Waals surface area contributed by atoms with Crippen molar-refractivity contribution in [3.8, 4) is 17.3 Å². The smallest absolute Gasteiger partial charge is 0.126 e. The molecule has 5 rings (SSSR count). The van der Waals surface area contributed by atoms with Gasteiger partial charge in [-0.2, -0.15) is 10.4 Å². The number of nitrogens with zero attached hydrogens (tertiary/aromatic N) is 5. The molecule has 0 unspecified atom stereocenters. The van der Waals surface area contributed by atoms with E-state index in [2.05, 4.69) is 50.6 Å². The van der Waals surface area contributed by atoms with Crippen LogP contribution in [0.5, 0.6) is 0 Å². The van der Waals surface area contributed by atoms with Gasteiger partial charge in [0.25, 0.3) is 0 Å². The molecule has 1 saturated heterocycles. The Morgan fingerprint density at radius 2 is 1.88 bits per heavy atom. The Kier molecular flexibility index (Phi) is 6.80. The van der Waals surface area contributed by atoms with Gasteiger partial charge in [-0.1, -0.05) is 12.8 Å². The lowest BCUT2D eigenvalue weighted by molar-refractivity contribution is 0.247. The van der Waals surface area contributed by atoms with Gasteiger partial charge >= 0.3 is 0 Å². The summed E-state index contributed by atoms with van der Waals surface area (Å²) < 4.78 is 1.91. The van der Waals surface area contributed by atoms with Crippen molar-refractivity contribution in [2.45, 2.75) is 51.0 Å². The third-order valence-corrected chi connectivity index (χ3v) is 7.64. The number of anilines is 2. The lowest BCUT2D eigenvalue weighted by Crippen LogP contribution is -2.39. The van der Waals surface area contributed by atoms with Gasteiger partial charge in [-0.15, -0.1) is 0 Å². The molecule has 0 bridgehead atoms. The first-order chi connectivity index (χ1) is 16.7. The standard InChI is InChI=1S/C28H34N6/c1-33-27(13-15-31-33)24-12-14-30-28(18-24)32-26-7-3-2-6-23(26)17-22-5-4-16-34(20-22)25-10-8-21(19-29)9-11-25/h8-15,18,22-23,26H,2-7,16-17,20H2,1H3,(H,30,32)/t22-,23+,26-/m1/s1. The summed E-state index contributed by atoms with van der Waals surface area (Å²) in [4.78, 5) is 7.16. The Morgan fingerprint density at radius 3 is 2.68 bits per heavy atom. The van der Waals surface area contributed by atoms with Crippen LogP contribution >= 0.6 is 0 Å². The van der Waals surface area contributed by atoms with E-state index in [-0.39, 0.29) is 0 Å². The molecular formula is C28H34N6. The second-order valence-electron chi connectivity index (χ2n) is 9.91. The third-order valence-electron chi connectivity index (χ3n) is 7.64. The molecule has 34 heavy (non-hydrogen) atoms. The van der Waals surface area contributed by atoms with Crippen molar-refractivity contribution >= 4 is 11.5 Å². The molecule has 3 atom stereocenters. The summed E-state index contributed by atoms with van der Waals surface area (Å²) in [5.41, 5.74) is 4.23. The second kappa shape index (κ2) is 10.3. The molecule has 6 nitrogen and oxygen atoms in total. The first kappa shape index (κ1) is 22.5.